The summed E-state index contributed by atoms with van der Waals surface area (Å²) in [5.74, 6) is 1.25. The minimum atomic E-state index is 0.00176. The molecule has 0 bridgehead atoms. The van der Waals surface area contributed by atoms with E-state index in [0.29, 0.717) is 5.88 Å². The molecule has 3 aromatic rings. The van der Waals surface area contributed by atoms with Gasteiger partial charge in [0.25, 0.3) is 0 Å². The minimum absolute atomic E-state index is 0.00176. The maximum absolute atomic E-state index is 6.38. The third kappa shape index (κ3) is 2.70. The summed E-state index contributed by atoms with van der Waals surface area (Å²) in [5.41, 5.74) is 1.88. The summed E-state index contributed by atoms with van der Waals surface area (Å²) in [7, 11) is 0. The van der Waals surface area contributed by atoms with E-state index in [0.717, 1.165) is 28.4 Å². The molecule has 0 radical (unpaired) electrons. The Morgan fingerprint density at radius 3 is 2.71 bits per heavy atom. The molecule has 0 aliphatic rings. The summed E-state index contributed by atoms with van der Waals surface area (Å²) in [6.07, 6.45) is 0. The van der Waals surface area contributed by atoms with Crippen molar-refractivity contribution in [3.63, 3.8) is 0 Å². The van der Waals surface area contributed by atoms with Crippen molar-refractivity contribution in [2.45, 2.75) is 31.7 Å². The molecule has 0 fully saturated rings. The van der Waals surface area contributed by atoms with Gasteiger partial charge in [0, 0.05) is 16.8 Å². The zero-order chi connectivity index (χ0) is 15.0. The Balaban J connectivity index is 2.12. The predicted octanol–water partition coefficient (Wildman–Crippen LogP) is 5.47. The Labute approximate surface area is 138 Å². The summed E-state index contributed by atoms with van der Waals surface area (Å²) in [4.78, 5) is 5.95. The monoisotopic (exact) mass is 338 g/mol. The zero-order valence-electron chi connectivity index (χ0n) is 11.9. The van der Waals surface area contributed by atoms with Crippen LogP contribution in [0.3, 0.4) is 0 Å². The van der Waals surface area contributed by atoms with Gasteiger partial charge in [0.1, 0.15) is 5.82 Å². The molecule has 110 valence electrons. The average Bonchev–Trinajstić information content (AvgIpc) is 3.07. The van der Waals surface area contributed by atoms with Crippen molar-refractivity contribution in [2.75, 3.05) is 0 Å². The number of aromatic nitrogens is 2. The maximum Gasteiger partial charge on any atom is 0.124 e. The van der Waals surface area contributed by atoms with Crippen LogP contribution in [0, 0.1) is 0 Å². The SMILES string of the molecule is CC(C)(Cn1c(CCl)nc2cccc(Cl)c21)c1cccs1. The largest absolute Gasteiger partial charge is 0.325 e. The van der Waals surface area contributed by atoms with Crippen molar-refractivity contribution >= 4 is 45.6 Å². The first-order valence-electron chi connectivity index (χ1n) is 6.76. The number of nitrogens with zero attached hydrogens (tertiary/aromatic N) is 2. The number of hydrogen-bond donors (Lipinski definition) is 0. The first-order valence-corrected chi connectivity index (χ1v) is 8.56. The molecule has 2 heterocycles. The highest BCUT2D eigenvalue weighted by Crippen LogP contribution is 2.33. The first-order chi connectivity index (χ1) is 10.0. The summed E-state index contributed by atoms with van der Waals surface area (Å²) in [5, 5.41) is 2.83. The second-order valence-electron chi connectivity index (χ2n) is 5.72. The molecule has 0 saturated carbocycles. The van der Waals surface area contributed by atoms with Crippen LogP contribution in [0.1, 0.15) is 24.5 Å². The summed E-state index contributed by atoms with van der Waals surface area (Å²) >= 11 is 14.2. The second kappa shape index (κ2) is 5.64. The van der Waals surface area contributed by atoms with Crippen LogP contribution in [0.2, 0.25) is 5.02 Å². The number of para-hydroxylation sites is 1. The van der Waals surface area contributed by atoms with Crippen LogP contribution in [-0.2, 0) is 17.8 Å². The number of rotatable bonds is 4. The van der Waals surface area contributed by atoms with E-state index in [4.69, 9.17) is 23.2 Å². The van der Waals surface area contributed by atoms with E-state index < -0.39 is 0 Å². The maximum atomic E-state index is 6.38. The van der Waals surface area contributed by atoms with E-state index in [2.05, 4.69) is 40.9 Å². The Kier molecular flexibility index (Phi) is 4.00. The molecule has 5 heteroatoms. The van der Waals surface area contributed by atoms with Crippen molar-refractivity contribution in [3.05, 3.63) is 51.4 Å². The number of hydrogen-bond acceptors (Lipinski definition) is 2. The highest BCUT2D eigenvalue weighted by atomic mass is 35.5. The molecular weight excluding hydrogens is 323 g/mol. The second-order valence-corrected chi connectivity index (χ2v) is 7.34. The van der Waals surface area contributed by atoms with Crippen LogP contribution in [0.15, 0.2) is 35.7 Å². The lowest BCUT2D eigenvalue weighted by Crippen LogP contribution is -2.24. The Bertz CT molecular complexity index is 760. The van der Waals surface area contributed by atoms with Gasteiger partial charge >= 0.3 is 0 Å². The van der Waals surface area contributed by atoms with E-state index in [-0.39, 0.29) is 5.41 Å². The number of fused-ring (bicyclic) bond motifs is 1. The zero-order valence-corrected chi connectivity index (χ0v) is 14.3. The molecular formula is C16H16Cl2N2S. The van der Waals surface area contributed by atoms with Gasteiger partial charge in [-0.3, -0.25) is 0 Å². The van der Waals surface area contributed by atoms with E-state index in [1.165, 1.54) is 4.88 Å². The smallest absolute Gasteiger partial charge is 0.124 e. The molecule has 0 atom stereocenters. The fourth-order valence-electron chi connectivity index (χ4n) is 2.60. The molecule has 1 aromatic carbocycles. The van der Waals surface area contributed by atoms with Crippen molar-refractivity contribution in [1.82, 2.24) is 9.55 Å². The highest BCUT2D eigenvalue weighted by Gasteiger charge is 2.25. The van der Waals surface area contributed by atoms with Crippen LogP contribution in [0.25, 0.3) is 11.0 Å². The molecule has 0 N–H and O–H groups in total. The van der Waals surface area contributed by atoms with Gasteiger partial charge in [-0.2, -0.15) is 0 Å². The molecule has 0 unspecified atom stereocenters. The van der Waals surface area contributed by atoms with E-state index >= 15 is 0 Å². The van der Waals surface area contributed by atoms with Gasteiger partial charge < -0.3 is 4.57 Å². The Morgan fingerprint density at radius 2 is 2.05 bits per heavy atom. The fraction of sp³-hybridized carbons (Fsp3) is 0.312. The molecule has 21 heavy (non-hydrogen) atoms. The Hall–Kier alpha value is -1.03. The van der Waals surface area contributed by atoms with Gasteiger partial charge in [-0.05, 0) is 23.6 Å². The highest BCUT2D eigenvalue weighted by molar-refractivity contribution is 7.10. The molecule has 3 rings (SSSR count). The molecule has 0 aliphatic carbocycles. The lowest BCUT2D eigenvalue weighted by atomic mass is 9.91. The standard InChI is InChI=1S/C16H16Cl2N2S/c1-16(2,13-7-4-8-21-13)10-20-14(9-17)19-12-6-3-5-11(18)15(12)20/h3-8H,9-10H2,1-2H3. The van der Waals surface area contributed by atoms with Gasteiger partial charge in [-0.15, -0.1) is 22.9 Å². The van der Waals surface area contributed by atoms with E-state index in [9.17, 15) is 0 Å². The fourth-order valence-corrected chi connectivity index (χ4v) is 3.92. The topological polar surface area (TPSA) is 17.8 Å². The van der Waals surface area contributed by atoms with E-state index in [1.807, 2.05) is 18.2 Å². The number of thiophene rings is 1. The van der Waals surface area contributed by atoms with Crippen molar-refractivity contribution in [1.29, 1.82) is 0 Å². The van der Waals surface area contributed by atoms with Crippen molar-refractivity contribution < 1.29 is 0 Å². The molecule has 0 saturated heterocycles. The number of imidazole rings is 1. The summed E-state index contributed by atoms with van der Waals surface area (Å²) in [6.45, 7) is 5.27. The van der Waals surface area contributed by atoms with Crippen LogP contribution >= 0.6 is 34.5 Å². The Morgan fingerprint density at radius 1 is 1.24 bits per heavy atom. The number of alkyl halides is 1. The van der Waals surface area contributed by atoms with Crippen molar-refractivity contribution in [2.24, 2.45) is 0 Å². The lowest BCUT2D eigenvalue weighted by Gasteiger charge is -2.25. The third-order valence-electron chi connectivity index (χ3n) is 3.66. The predicted molar refractivity (Wildman–Crippen MR) is 91.6 cm³/mol. The van der Waals surface area contributed by atoms with Crippen LogP contribution in [0.5, 0.6) is 0 Å². The van der Waals surface area contributed by atoms with Gasteiger partial charge in [0.2, 0.25) is 0 Å². The summed E-state index contributed by atoms with van der Waals surface area (Å²) < 4.78 is 2.16. The van der Waals surface area contributed by atoms with Gasteiger partial charge in [-0.1, -0.05) is 37.6 Å². The third-order valence-corrected chi connectivity index (χ3v) is 5.44. The molecule has 2 nitrogen and oxygen atoms in total. The summed E-state index contributed by atoms with van der Waals surface area (Å²) in [6, 6.07) is 10.1. The average molecular weight is 339 g/mol. The van der Waals surface area contributed by atoms with Crippen LogP contribution < -0.4 is 0 Å². The quantitative estimate of drug-likeness (QED) is 0.577. The first kappa shape index (κ1) is 14.9. The lowest BCUT2D eigenvalue weighted by molar-refractivity contribution is 0.443. The minimum Gasteiger partial charge on any atom is -0.325 e. The van der Waals surface area contributed by atoms with E-state index in [1.54, 1.807) is 11.3 Å². The molecule has 0 amide bonds. The van der Waals surface area contributed by atoms with Crippen LogP contribution in [0.4, 0.5) is 0 Å². The van der Waals surface area contributed by atoms with Gasteiger partial charge in [0.15, 0.2) is 0 Å². The van der Waals surface area contributed by atoms with Crippen molar-refractivity contribution in [3.8, 4) is 0 Å². The molecule has 0 spiro atoms. The normalized spacial score (nSPS) is 12.2. The number of halogens is 2. The van der Waals surface area contributed by atoms with Crippen LogP contribution in [-0.4, -0.2) is 9.55 Å². The number of benzene rings is 1. The molecule has 2 aromatic heterocycles. The van der Waals surface area contributed by atoms with Gasteiger partial charge in [0.05, 0.1) is 21.9 Å². The van der Waals surface area contributed by atoms with Gasteiger partial charge in [-0.25, -0.2) is 4.98 Å². The molecule has 0 aliphatic heterocycles.